The highest BCUT2D eigenvalue weighted by atomic mass is 32.2. The molecule has 1 saturated carbocycles. The van der Waals surface area contributed by atoms with E-state index in [1.807, 2.05) is 0 Å². The Bertz CT molecular complexity index is 577. The number of benzene rings is 1. The normalized spacial score (nSPS) is 22.3. The van der Waals surface area contributed by atoms with Gasteiger partial charge in [0.15, 0.2) is 0 Å². The lowest BCUT2D eigenvalue weighted by molar-refractivity contribution is 0.323. The van der Waals surface area contributed by atoms with E-state index in [2.05, 4.69) is 40.6 Å². The summed E-state index contributed by atoms with van der Waals surface area (Å²) in [6, 6.07) is 8.61. The Morgan fingerprint density at radius 2 is 1.74 bits per heavy atom. The van der Waals surface area contributed by atoms with Crippen LogP contribution in [0.1, 0.15) is 39.5 Å². The second-order valence-corrected chi connectivity index (χ2v) is 9.69. The molecule has 0 saturated heterocycles. The van der Waals surface area contributed by atoms with Gasteiger partial charge in [0.2, 0.25) is 10.0 Å². The molecule has 1 aliphatic carbocycles. The van der Waals surface area contributed by atoms with E-state index in [0.29, 0.717) is 5.92 Å². The van der Waals surface area contributed by atoms with Gasteiger partial charge >= 0.3 is 0 Å². The van der Waals surface area contributed by atoms with E-state index in [9.17, 15) is 8.42 Å². The van der Waals surface area contributed by atoms with Crippen molar-refractivity contribution in [1.82, 2.24) is 4.72 Å². The molecule has 0 heterocycles. The molecule has 0 radical (unpaired) electrons. The predicted molar refractivity (Wildman–Crippen MR) is 99.7 cm³/mol. The molecule has 4 nitrogen and oxygen atoms in total. The van der Waals surface area contributed by atoms with Crippen LogP contribution in [-0.2, 0) is 10.0 Å². The molecule has 0 aromatic heterocycles. The highest BCUT2D eigenvalue weighted by Crippen LogP contribution is 2.26. The van der Waals surface area contributed by atoms with Crippen molar-refractivity contribution in [3.8, 4) is 0 Å². The second kappa shape index (κ2) is 8.40. The molecular weight excluding hydrogens is 328 g/mol. The maximum atomic E-state index is 11.9. The summed E-state index contributed by atoms with van der Waals surface area (Å²) < 4.78 is 26.7. The summed E-state index contributed by atoms with van der Waals surface area (Å²) >= 11 is 1.75. The maximum Gasteiger partial charge on any atom is 0.214 e. The molecule has 0 aliphatic heterocycles. The van der Waals surface area contributed by atoms with Gasteiger partial charge in [-0.1, -0.05) is 0 Å². The molecule has 130 valence electrons. The zero-order valence-corrected chi connectivity index (χ0v) is 15.8. The van der Waals surface area contributed by atoms with Crippen molar-refractivity contribution in [1.29, 1.82) is 0 Å². The topological polar surface area (TPSA) is 58.2 Å². The smallest absolute Gasteiger partial charge is 0.214 e. The van der Waals surface area contributed by atoms with E-state index in [4.69, 9.17) is 0 Å². The quantitative estimate of drug-likeness (QED) is 0.731. The van der Waals surface area contributed by atoms with Crippen LogP contribution in [0, 0.1) is 5.92 Å². The molecule has 0 unspecified atom stereocenters. The Kier molecular flexibility index (Phi) is 6.80. The van der Waals surface area contributed by atoms with Crippen molar-refractivity contribution in [2.45, 2.75) is 55.7 Å². The van der Waals surface area contributed by atoms with Gasteiger partial charge in [-0.3, -0.25) is 0 Å². The monoisotopic (exact) mass is 356 g/mol. The van der Waals surface area contributed by atoms with Gasteiger partial charge in [-0.25, -0.2) is 13.1 Å². The third kappa shape index (κ3) is 5.69. The number of thioether (sulfide) groups is 1. The minimum absolute atomic E-state index is 0.111. The molecule has 1 aromatic rings. The fourth-order valence-corrected chi connectivity index (χ4v) is 4.20. The van der Waals surface area contributed by atoms with Crippen LogP contribution < -0.4 is 10.0 Å². The molecule has 2 N–H and O–H groups in total. The van der Waals surface area contributed by atoms with Crippen LogP contribution in [0.3, 0.4) is 0 Å². The van der Waals surface area contributed by atoms with Gasteiger partial charge in [-0.05, 0) is 76.0 Å². The Labute approximate surface area is 144 Å². The van der Waals surface area contributed by atoms with Gasteiger partial charge < -0.3 is 5.32 Å². The fraction of sp³-hybridized carbons (Fsp3) is 0.647. The second-order valence-electron chi connectivity index (χ2n) is 6.54. The Morgan fingerprint density at radius 3 is 2.26 bits per heavy atom. The maximum absolute atomic E-state index is 11.9. The number of hydrogen-bond acceptors (Lipinski definition) is 4. The van der Waals surface area contributed by atoms with Gasteiger partial charge in [0.1, 0.15) is 0 Å². The Hall–Kier alpha value is -0.720. The molecule has 0 spiro atoms. The average molecular weight is 357 g/mol. The van der Waals surface area contributed by atoms with Crippen LogP contribution in [-0.4, -0.2) is 32.5 Å². The lowest BCUT2D eigenvalue weighted by atomic mass is 9.86. The first-order chi connectivity index (χ1) is 10.9. The summed E-state index contributed by atoms with van der Waals surface area (Å²) in [7, 11) is -3.14. The molecular formula is C17H28N2O2S2. The minimum atomic E-state index is -3.14. The van der Waals surface area contributed by atoms with Gasteiger partial charge in [0.05, 0.1) is 5.25 Å². The van der Waals surface area contributed by atoms with Crippen molar-refractivity contribution in [3.05, 3.63) is 24.3 Å². The van der Waals surface area contributed by atoms with Crippen LogP contribution in [0.15, 0.2) is 29.2 Å². The zero-order chi connectivity index (χ0) is 16.9. The standard InChI is InChI=1S/C17H28N2O2S2/c1-13(2)23(20,21)19-16-6-4-14(5-7-16)12-18-15-8-10-17(22-3)11-9-15/h8-11,13-14,16,18-19H,4-7,12H2,1-3H3. The number of nitrogens with one attached hydrogen (secondary N) is 2. The molecule has 2 rings (SSSR count). The first-order valence-electron chi connectivity index (χ1n) is 8.30. The summed E-state index contributed by atoms with van der Waals surface area (Å²) in [4.78, 5) is 1.27. The number of sulfonamides is 1. The minimum Gasteiger partial charge on any atom is -0.385 e. The van der Waals surface area contributed by atoms with E-state index in [0.717, 1.165) is 37.9 Å². The fourth-order valence-electron chi connectivity index (χ4n) is 2.82. The van der Waals surface area contributed by atoms with Gasteiger partial charge in [0, 0.05) is 23.2 Å². The van der Waals surface area contributed by atoms with Crippen molar-refractivity contribution in [3.63, 3.8) is 0 Å². The van der Waals surface area contributed by atoms with Crippen molar-refractivity contribution in [2.24, 2.45) is 5.92 Å². The molecule has 0 amide bonds. The van der Waals surface area contributed by atoms with E-state index >= 15 is 0 Å². The van der Waals surface area contributed by atoms with Crippen LogP contribution in [0.2, 0.25) is 0 Å². The number of rotatable bonds is 7. The zero-order valence-electron chi connectivity index (χ0n) is 14.2. The van der Waals surface area contributed by atoms with Crippen molar-refractivity contribution in [2.75, 3.05) is 18.1 Å². The molecule has 1 aromatic carbocycles. The molecule has 1 fully saturated rings. The summed E-state index contributed by atoms with van der Waals surface area (Å²) in [5, 5.41) is 3.14. The summed E-state index contributed by atoms with van der Waals surface area (Å²) in [5.41, 5.74) is 1.16. The van der Waals surface area contributed by atoms with Crippen LogP contribution >= 0.6 is 11.8 Å². The SMILES string of the molecule is CSc1ccc(NCC2CCC(NS(=O)(=O)C(C)C)CC2)cc1. The average Bonchev–Trinajstić information content (AvgIpc) is 2.54. The van der Waals surface area contributed by atoms with Gasteiger partial charge in [-0.15, -0.1) is 11.8 Å². The first-order valence-corrected chi connectivity index (χ1v) is 11.1. The third-order valence-corrected chi connectivity index (χ3v) is 7.13. The first kappa shape index (κ1) is 18.6. The Balaban J connectivity index is 1.74. The van der Waals surface area contributed by atoms with E-state index in [-0.39, 0.29) is 11.3 Å². The molecule has 0 atom stereocenters. The van der Waals surface area contributed by atoms with E-state index in [1.165, 1.54) is 4.90 Å². The van der Waals surface area contributed by atoms with Crippen LogP contribution in [0.4, 0.5) is 5.69 Å². The third-order valence-electron chi connectivity index (χ3n) is 4.48. The molecule has 1 aliphatic rings. The summed E-state index contributed by atoms with van der Waals surface area (Å²) in [6.07, 6.45) is 6.09. The lowest BCUT2D eigenvalue weighted by Crippen LogP contribution is -2.41. The molecule has 6 heteroatoms. The van der Waals surface area contributed by atoms with Crippen molar-refractivity contribution < 1.29 is 8.42 Å². The highest BCUT2D eigenvalue weighted by Gasteiger charge is 2.26. The summed E-state index contributed by atoms with van der Waals surface area (Å²) in [5.74, 6) is 0.620. The lowest BCUT2D eigenvalue weighted by Gasteiger charge is -2.29. The van der Waals surface area contributed by atoms with E-state index < -0.39 is 10.0 Å². The van der Waals surface area contributed by atoms with Gasteiger partial charge in [-0.2, -0.15) is 0 Å². The van der Waals surface area contributed by atoms with Gasteiger partial charge in [0.25, 0.3) is 0 Å². The van der Waals surface area contributed by atoms with E-state index in [1.54, 1.807) is 25.6 Å². The van der Waals surface area contributed by atoms with Crippen LogP contribution in [0.25, 0.3) is 0 Å². The number of anilines is 1. The van der Waals surface area contributed by atoms with Crippen molar-refractivity contribution >= 4 is 27.5 Å². The highest BCUT2D eigenvalue weighted by molar-refractivity contribution is 7.98. The number of hydrogen-bond donors (Lipinski definition) is 2. The van der Waals surface area contributed by atoms with Crippen LogP contribution in [0.5, 0.6) is 0 Å². The Morgan fingerprint density at radius 1 is 1.13 bits per heavy atom. The molecule has 23 heavy (non-hydrogen) atoms. The summed E-state index contributed by atoms with van der Waals surface area (Å²) in [6.45, 7) is 4.41. The predicted octanol–water partition coefficient (Wildman–Crippen LogP) is 3.71. The molecule has 0 bridgehead atoms. The largest absolute Gasteiger partial charge is 0.385 e.